The lowest BCUT2D eigenvalue weighted by Gasteiger charge is -2.08. The Labute approximate surface area is 113 Å². The van der Waals surface area contributed by atoms with E-state index in [1.54, 1.807) is 6.92 Å². The van der Waals surface area contributed by atoms with Crippen LogP contribution in [0, 0.1) is 12.8 Å². The summed E-state index contributed by atoms with van der Waals surface area (Å²) in [6.45, 7) is 4.19. The van der Waals surface area contributed by atoms with Crippen LogP contribution >= 0.6 is 0 Å². The van der Waals surface area contributed by atoms with Crippen LogP contribution in [-0.4, -0.2) is 23.5 Å². The Morgan fingerprint density at radius 2 is 2.00 bits per heavy atom. The van der Waals surface area contributed by atoms with Crippen molar-refractivity contribution in [2.75, 3.05) is 6.54 Å². The molecule has 0 aromatic heterocycles. The van der Waals surface area contributed by atoms with Gasteiger partial charge in [0.1, 0.15) is 0 Å². The van der Waals surface area contributed by atoms with Gasteiger partial charge in [0, 0.05) is 6.54 Å². The fourth-order valence-electron chi connectivity index (χ4n) is 1.80. The van der Waals surface area contributed by atoms with Gasteiger partial charge in [-0.25, -0.2) is 0 Å². The van der Waals surface area contributed by atoms with Gasteiger partial charge in [-0.2, -0.15) is 0 Å². The van der Waals surface area contributed by atoms with Crippen LogP contribution in [0.1, 0.15) is 30.9 Å². The summed E-state index contributed by atoms with van der Waals surface area (Å²) in [7, 11) is 0. The molecule has 1 aromatic carbocycles. The molecule has 0 aliphatic rings. The Morgan fingerprint density at radius 1 is 1.32 bits per heavy atom. The van der Waals surface area contributed by atoms with Crippen LogP contribution in [0.2, 0.25) is 0 Å². The number of carbonyl (C=O) groups excluding carboxylic acids is 1. The van der Waals surface area contributed by atoms with E-state index in [0.29, 0.717) is 25.8 Å². The minimum absolute atomic E-state index is 0.0164. The summed E-state index contributed by atoms with van der Waals surface area (Å²) in [5.41, 5.74) is 2.14. The van der Waals surface area contributed by atoms with E-state index < -0.39 is 5.97 Å². The van der Waals surface area contributed by atoms with Gasteiger partial charge in [-0.1, -0.05) is 31.2 Å². The number of hydrogen-bond acceptors (Lipinski definition) is 2. The number of amides is 1. The molecule has 104 valence electrons. The topological polar surface area (TPSA) is 66.4 Å². The lowest BCUT2D eigenvalue weighted by molar-refractivity contribution is -0.141. The van der Waals surface area contributed by atoms with Crippen LogP contribution in [0.3, 0.4) is 0 Å². The quantitative estimate of drug-likeness (QED) is 0.741. The number of aliphatic carboxylic acids is 1. The molecule has 1 atom stereocenters. The Balaban J connectivity index is 2.26. The monoisotopic (exact) mass is 263 g/mol. The predicted octanol–water partition coefficient (Wildman–Crippen LogP) is 2.15. The van der Waals surface area contributed by atoms with Crippen LogP contribution in [0.25, 0.3) is 0 Å². The maximum Gasteiger partial charge on any atom is 0.306 e. The fourth-order valence-corrected chi connectivity index (χ4v) is 1.80. The van der Waals surface area contributed by atoms with E-state index >= 15 is 0 Å². The van der Waals surface area contributed by atoms with Crippen molar-refractivity contribution in [3.05, 3.63) is 35.4 Å². The molecule has 1 amide bonds. The van der Waals surface area contributed by atoms with E-state index in [1.807, 2.05) is 31.2 Å². The number of hydrogen-bond donors (Lipinski definition) is 2. The third-order valence-corrected chi connectivity index (χ3v) is 3.17. The fraction of sp³-hybridized carbons (Fsp3) is 0.467. The van der Waals surface area contributed by atoms with Gasteiger partial charge in [-0.05, 0) is 30.9 Å². The SMILES string of the molecule is Cc1ccccc1CC(=O)NCCCC(C)C(=O)O. The van der Waals surface area contributed by atoms with E-state index in [4.69, 9.17) is 5.11 Å². The van der Waals surface area contributed by atoms with E-state index in [-0.39, 0.29) is 11.8 Å². The van der Waals surface area contributed by atoms with Gasteiger partial charge in [0.25, 0.3) is 0 Å². The largest absolute Gasteiger partial charge is 0.481 e. The van der Waals surface area contributed by atoms with Gasteiger partial charge in [-0.15, -0.1) is 0 Å². The molecule has 1 unspecified atom stereocenters. The van der Waals surface area contributed by atoms with Gasteiger partial charge in [0.15, 0.2) is 0 Å². The first-order valence-corrected chi connectivity index (χ1v) is 6.54. The molecule has 0 fully saturated rings. The molecule has 4 nitrogen and oxygen atoms in total. The molecule has 0 saturated heterocycles. The second-order valence-corrected chi connectivity index (χ2v) is 4.83. The average Bonchev–Trinajstić information content (AvgIpc) is 2.37. The van der Waals surface area contributed by atoms with Crippen molar-refractivity contribution >= 4 is 11.9 Å². The van der Waals surface area contributed by atoms with Crippen molar-refractivity contribution in [2.24, 2.45) is 5.92 Å². The predicted molar refractivity (Wildman–Crippen MR) is 73.9 cm³/mol. The number of aryl methyl sites for hydroxylation is 1. The van der Waals surface area contributed by atoms with E-state index in [9.17, 15) is 9.59 Å². The number of rotatable bonds is 7. The van der Waals surface area contributed by atoms with Crippen LogP contribution in [0.4, 0.5) is 0 Å². The third kappa shape index (κ3) is 5.55. The first kappa shape index (κ1) is 15.2. The minimum atomic E-state index is -0.786. The number of carbonyl (C=O) groups is 2. The van der Waals surface area contributed by atoms with Crippen molar-refractivity contribution in [1.82, 2.24) is 5.32 Å². The highest BCUT2D eigenvalue weighted by Gasteiger charge is 2.10. The third-order valence-electron chi connectivity index (χ3n) is 3.17. The molecule has 1 rings (SSSR count). The van der Waals surface area contributed by atoms with Crippen molar-refractivity contribution in [3.8, 4) is 0 Å². The zero-order valence-electron chi connectivity index (χ0n) is 11.5. The van der Waals surface area contributed by atoms with Gasteiger partial charge in [-0.3, -0.25) is 9.59 Å². The van der Waals surface area contributed by atoms with E-state index in [2.05, 4.69) is 5.32 Å². The number of nitrogens with one attached hydrogen (secondary N) is 1. The van der Waals surface area contributed by atoms with E-state index in [1.165, 1.54) is 0 Å². The van der Waals surface area contributed by atoms with Gasteiger partial charge < -0.3 is 10.4 Å². The molecule has 4 heteroatoms. The molecule has 19 heavy (non-hydrogen) atoms. The molecule has 2 N–H and O–H groups in total. The lowest BCUT2D eigenvalue weighted by Crippen LogP contribution is -2.27. The maximum atomic E-state index is 11.7. The Hall–Kier alpha value is -1.84. The van der Waals surface area contributed by atoms with Crippen molar-refractivity contribution in [3.63, 3.8) is 0 Å². The molecular weight excluding hydrogens is 242 g/mol. The zero-order chi connectivity index (χ0) is 14.3. The van der Waals surface area contributed by atoms with Crippen molar-refractivity contribution in [1.29, 1.82) is 0 Å². The molecule has 0 saturated carbocycles. The molecule has 1 aromatic rings. The lowest BCUT2D eigenvalue weighted by atomic mass is 10.1. The average molecular weight is 263 g/mol. The second-order valence-electron chi connectivity index (χ2n) is 4.83. The van der Waals surface area contributed by atoms with Crippen LogP contribution in [0.5, 0.6) is 0 Å². The van der Waals surface area contributed by atoms with Crippen LogP contribution in [-0.2, 0) is 16.0 Å². The smallest absolute Gasteiger partial charge is 0.306 e. The number of carboxylic acids is 1. The molecule has 0 radical (unpaired) electrons. The first-order valence-electron chi connectivity index (χ1n) is 6.54. The first-order chi connectivity index (χ1) is 9.00. The van der Waals surface area contributed by atoms with Crippen LogP contribution in [0.15, 0.2) is 24.3 Å². The standard InChI is InChI=1S/C15H21NO3/c1-11-6-3-4-8-13(11)10-14(17)16-9-5-7-12(2)15(18)19/h3-4,6,8,12H,5,7,9-10H2,1-2H3,(H,16,17)(H,18,19). The second kappa shape index (κ2) is 7.56. The summed E-state index contributed by atoms with van der Waals surface area (Å²) < 4.78 is 0. The van der Waals surface area contributed by atoms with E-state index in [0.717, 1.165) is 11.1 Å². The molecular formula is C15H21NO3. The maximum absolute atomic E-state index is 11.7. The molecule has 0 heterocycles. The normalized spacial score (nSPS) is 11.9. The highest BCUT2D eigenvalue weighted by molar-refractivity contribution is 5.78. The molecule has 0 aliphatic heterocycles. The Kier molecular flexibility index (Phi) is 6.06. The summed E-state index contributed by atoms with van der Waals surface area (Å²) in [5.74, 6) is -1.16. The van der Waals surface area contributed by atoms with Gasteiger partial charge in [0.2, 0.25) is 5.91 Å². The van der Waals surface area contributed by atoms with Gasteiger partial charge >= 0.3 is 5.97 Å². The minimum Gasteiger partial charge on any atom is -0.481 e. The van der Waals surface area contributed by atoms with Crippen LogP contribution < -0.4 is 5.32 Å². The van der Waals surface area contributed by atoms with Crippen molar-refractivity contribution in [2.45, 2.75) is 33.1 Å². The highest BCUT2D eigenvalue weighted by atomic mass is 16.4. The van der Waals surface area contributed by atoms with Gasteiger partial charge in [0.05, 0.1) is 12.3 Å². The zero-order valence-corrected chi connectivity index (χ0v) is 11.5. The summed E-state index contributed by atoms with van der Waals surface area (Å²) in [4.78, 5) is 22.3. The number of benzene rings is 1. The Morgan fingerprint density at radius 3 is 2.63 bits per heavy atom. The number of carboxylic acid groups (broad SMARTS) is 1. The Bertz CT molecular complexity index is 443. The molecule has 0 bridgehead atoms. The summed E-state index contributed by atoms with van der Waals surface area (Å²) in [5, 5.41) is 11.5. The summed E-state index contributed by atoms with van der Waals surface area (Å²) in [6.07, 6.45) is 1.65. The molecule has 0 spiro atoms. The summed E-state index contributed by atoms with van der Waals surface area (Å²) >= 11 is 0. The summed E-state index contributed by atoms with van der Waals surface area (Å²) in [6, 6.07) is 7.80. The van der Waals surface area contributed by atoms with Crippen molar-refractivity contribution < 1.29 is 14.7 Å². The highest BCUT2D eigenvalue weighted by Crippen LogP contribution is 2.08. The molecule has 0 aliphatic carbocycles.